The van der Waals surface area contributed by atoms with Crippen LogP contribution in [0.5, 0.6) is 0 Å². The van der Waals surface area contributed by atoms with Crippen LogP contribution in [0.15, 0.2) is 200 Å². The predicted octanol–water partition coefficient (Wildman–Crippen LogP) is 15.1. The zero-order valence-corrected chi connectivity index (χ0v) is 40.0. The van der Waals surface area contributed by atoms with Gasteiger partial charge in [0.25, 0.3) is 6.71 Å². The van der Waals surface area contributed by atoms with E-state index in [1.165, 1.54) is 101 Å². The van der Waals surface area contributed by atoms with Crippen LogP contribution < -0.4 is 31.1 Å². The van der Waals surface area contributed by atoms with Crippen molar-refractivity contribution in [3.05, 3.63) is 228 Å². The molecule has 0 N–H and O–H groups in total. The van der Waals surface area contributed by atoms with Gasteiger partial charge in [-0.2, -0.15) is 0 Å². The molecule has 2 aliphatic carbocycles. The van der Waals surface area contributed by atoms with Crippen molar-refractivity contribution in [3.8, 4) is 22.3 Å². The molecule has 9 aromatic rings. The summed E-state index contributed by atoms with van der Waals surface area (Å²) in [7, 11) is 0. The molecule has 4 heteroatoms. The van der Waals surface area contributed by atoms with E-state index in [1.807, 2.05) is 0 Å². The number of fused-ring (bicyclic) bond motifs is 10. The van der Waals surface area contributed by atoms with E-state index in [9.17, 15) is 0 Å². The monoisotopic (exact) mass is 875 g/mol. The van der Waals surface area contributed by atoms with E-state index in [0.717, 1.165) is 17.1 Å². The van der Waals surface area contributed by atoms with Gasteiger partial charge < -0.3 is 14.7 Å². The molecule has 0 bridgehead atoms. The van der Waals surface area contributed by atoms with Gasteiger partial charge in [0.15, 0.2) is 0 Å². The highest BCUT2D eigenvalue weighted by atomic mass is 15.2. The van der Waals surface area contributed by atoms with Gasteiger partial charge in [-0.1, -0.05) is 170 Å². The van der Waals surface area contributed by atoms with Gasteiger partial charge in [0.05, 0.1) is 0 Å². The van der Waals surface area contributed by atoms with E-state index in [0.29, 0.717) is 0 Å². The van der Waals surface area contributed by atoms with Gasteiger partial charge in [0.1, 0.15) is 0 Å². The van der Waals surface area contributed by atoms with Gasteiger partial charge in [-0.3, -0.25) is 0 Å². The Kier molecular flexibility index (Phi) is 8.66. The zero-order chi connectivity index (χ0) is 46.3. The molecule has 2 aliphatic heterocycles. The topological polar surface area (TPSA) is 9.72 Å². The summed E-state index contributed by atoms with van der Waals surface area (Å²) in [6.07, 6.45) is 0. The summed E-state index contributed by atoms with van der Waals surface area (Å²) in [5.74, 6) is 0. The molecule has 9 aromatic carbocycles. The number of rotatable bonds is 5. The number of benzene rings is 9. The van der Waals surface area contributed by atoms with E-state index in [2.05, 4.69) is 263 Å². The van der Waals surface area contributed by atoms with Gasteiger partial charge in [0.2, 0.25) is 0 Å². The third-order valence-corrected chi connectivity index (χ3v) is 15.8. The molecule has 0 radical (unpaired) electrons. The van der Waals surface area contributed by atoms with Crippen LogP contribution in [0.1, 0.15) is 76.3 Å². The summed E-state index contributed by atoms with van der Waals surface area (Å²) in [6, 6.07) is 75.6. The van der Waals surface area contributed by atoms with Crippen LogP contribution in [0.25, 0.3) is 22.3 Å². The van der Waals surface area contributed by atoms with Crippen LogP contribution in [-0.2, 0) is 16.2 Å². The lowest BCUT2D eigenvalue weighted by Gasteiger charge is -2.45. The normalized spacial score (nSPS) is 15.1. The molecule has 3 nitrogen and oxygen atoms in total. The van der Waals surface area contributed by atoms with Crippen LogP contribution in [0.2, 0.25) is 0 Å². The first kappa shape index (κ1) is 40.7. The molecule has 2 heterocycles. The third-order valence-electron chi connectivity index (χ3n) is 15.8. The SMILES string of the molecule is CC(C)(C)c1ccc2c(c1)B1c3ccc(N(c4ccccc4)c4ccccc4)cc3N(c3ccc4c(c3)C(C)(C)c3ccccc3-4)c3cccc(c31)N2c1ccc2c(c1)C(C)(C)c1ccccc1-2. The molecule has 0 atom stereocenters. The van der Waals surface area contributed by atoms with Crippen molar-refractivity contribution in [1.29, 1.82) is 0 Å². The predicted molar refractivity (Wildman–Crippen MR) is 289 cm³/mol. The summed E-state index contributed by atoms with van der Waals surface area (Å²) in [5, 5.41) is 0. The minimum absolute atomic E-state index is 0.0119. The second kappa shape index (κ2) is 14.5. The van der Waals surface area contributed by atoms with Gasteiger partial charge in [0, 0.05) is 62.0 Å². The molecule has 0 saturated heterocycles. The Balaban J connectivity index is 1.08. The summed E-state index contributed by atoms with van der Waals surface area (Å²) >= 11 is 0. The van der Waals surface area contributed by atoms with E-state index in [4.69, 9.17) is 0 Å². The van der Waals surface area contributed by atoms with Crippen molar-refractivity contribution in [2.24, 2.45) is 0 Å². The van der Waals surface area contributed by atoms with E-state index >= 15 is 0 Å². The van der Waals surface area contributed by atoms with E-state index in [1.54, 1.807) is 0 Å². The highest BCUT2D eigenvalue weighted by molar-refractivity contribution is 7.00. The number of hydrogen-bond donors (Lipinski definition) is 0. The second-order valence-electron chi connectivity index (χ2n) is 21.4. The molecule has 0 aromatic heterocycles. The molecule has 0 saturated carbocycles. The first-order chi connectivity index (χ1) is 32.9. The number of para-hydroxylation sites is 2. The number of anilines is 9. The van der Waals surface area contributed by atoms with Crippen LogP contribution in [0.3, 0.4) is 0 Å². The number of nitrogens with zero attached hydrogens (tertiary/aromatic N) is 3. The lowest BCUT2D eigenvalue weighted by Crippen LogP contribution is -2.61. The van der Waals surface area contributed by atoms with E-state index < -0.39 is 0 Å². The minimum Gasteiger partial charge on any atom is -0.311 e. The highest BCUT2D eigenvalue weighted by Gasteiger charge is 2.45. The fourth-order valence-electron chi connectivity index (χ4n) is 12.4. The molecule has 13 rings (SSSR count). The van der Waals surface area contributed by atoms with Crippen molar-refractivity contribution >= 4 is 74.3 Å². The lowest BCUT2D eigenvalue weighted by molar-refractivity contribution is 0.591. The summed E-state index contributed by atoms with van der Waals surface area (Å²) in [6.45, 7) is 16.6. The Morgan fingerprint density at radius 3 is 1.43 bits per heavy atom. The van der Waals surface area contributed by atoms with Gasteiger partial charge in [-0.25, -0.2) is 0 Å². The van der Waals surface area contributed by atoms with Crippen LogP contribution in [0.4, 0.5) is 51.2 Å². The smallest absolute Gasteiger partial charge is 0.252 e. The van der Waals surface area contributed by atoms with Crippen LogP contribution in [-0.4, -0.2) is 6.71 Å². The number of hydrogen-bond acceptors (Lipinski definition) is 3. The standard InChI is InChI=1S/C64H54BN3/c1-62(2,3)41-29-36-57-56(37-41)65-55-35-32-46(66(42-19-10-8-11-20-42)43-21-12-9-13-22-43)40-60(55)68(45-31-34-50-48-24-15-17-26-52(48)64(6,7)54(50)39-45)59-28-18-27-58(61(59)65)67(57)44-30-33-49-47-23-14-16-25-51(47)63(4,5)53(49)38-44/h8-40H,1-7H3. The average molecular weight is 876 g/mol. The van der Waals surface area contributed by atoms with Crippen molar-refractivity contribution in [1.82, 2.24) is 0 Å². The lowest BCUT2D eigenvalue weighted by atomic mass is 9.33. The van der Waals surface area contributed by atoms with Crippen LogP contribution in [0, 0.1) is 0 Å². The summed E-state index contributed by atoms with van der Waals surface area (Å²) < 4.78 is 0. The highest BCUT2D eigenvalue weighted by Crippen LogP contribution is 2.54. The molecule has 0 unspecified atom stereocenters. The fourth-order valence-corrected chi connectivity index (χ4v) is 12.4. The molecule has 328 valence electrons. The van der Waals surface area contributed by atoms with Crippen molar-refractivity contribution in [2.75, 3.05) is 14.7 Å². The Hall–Kier alpha value is -7.56. The average Bonchev–Trinajstić information content (AvgIpc) is 3.73. The second-order valence-corrected chi connectivity index (χ2v) is 21.4. The molecule has 0 fully saturated rings. The molecule has 0 amide bonds. The Morgan fingerprint density at radius 1 is 0.382 bits per heavy atom. The molecule has 4 aliphatic rings. The molecular weight excluding hydrogens is 822 g/mol. The fraction of sp³-hybridized carbons (Fsp3) is 0.156. The van der Waals surface area contributed by atoms with E-state index in [-0.39, 0.29) is 23.0 Å². The largest absolute Gasteiger partial charge is 0.311 e. The zero-order valence-electron chi connectivity index (χ0n) is 40.0. The van der Waals surface area contributed by atoms with Gasteiger partial charge in [-0.15, -0.1) is 0 Å². The van der Waals surface area contributed by atoms with Crippen LogP contribution >= 0.6 is 0 Å². The van der Waals surface area contributed by atoms with Crippen molar-refractivity contribution < 1.29 is 0 Å². The maximum absolute atomic E-state index is 2.58. The molecule has 68 heavy (non-hydrogen) atoms. The molecular formula is C64H54BN3. The Bertz CT molecular complexity index is 3490. The first-order valence-electron chi connectivity index (χ1n) is 24.3. The Labute approximate surface area is 402 Å². The van der Waals surface area contributed by atoms with Crippen molar-refractivity contribution in [3.63, 3.8) is 0 Å². The third kappa shape index (κ3) is 5.79. The minimum atomic E-state index is -0.154. The van der Waals surface area contributed by atoms with Gasteiger partial charge in [-0.05, 0) is 151 Å². The maximum Gasteiger partial charge on any atom is 0.252 e. The Morgan fingerprint density at radius 2 is 0.882 bits per heavy atom. The quantitative estimate of drug-likeness (QED) is 0.160. The maximum atomic E-state index is 2.58. The van der Waals surface area contributed by atoms with Crippen molar-refractivity contribution in [2.45, 2.75) is 64.7 Å². The summed E-state index contributed by atoms with van der Waals surface area (Å²) in [5.41, 5.74) is 26.4. The molecule has 0 spiro atoms. The summed E-state index contributed by atoms with van der Waals surface area (Å²) in [4.78, 5) is 7.55. The van der Waals surface area contributed by atoms with Gasteiger partial charge >= 0.3 is 0 Å². The first-order valence-corrected chi connectivity index (χ1v) is 24.3.